The van der Waals surface area contributed by atoms with Gasteiger partial charge in [-0.3, -0.25) is 4.79 Å². The molecule has 1 heterocycles. The maximum Gasteiger partial charge on any atom is 0.251 e. The van der Waals surface area contributed by atoms with E-state index < -0.39 is 11.7 Å². The van der Waals surface area contributed by atoms with Crippen LogP contribution < -0.4 is 5.73 Å². The van der Waals surface area contributed by atoms with E-state index in [4.69, 9.17) is 5.73 Å². The number of rotatable bonds is 2. The van der Waals surface area contributed by atoms with Gasteiger partial charge in [0.1, 0.15) is 0 Å². The number of aromatic nitrogens is 2. The third-order valence-corrected chi connectivity index (χ3v) is 1.94. The lowest BCUT2D eigenvalue weighted by molar-refractivity contribution is 0.1000. The fourth-order valence-corrected chi connectivity index (χ4v) is 1.00. The number of nitrogens with two attached hydrogens (primary N) is 1. The highest BCUT2D eigenvalue weighted by molar-refractivity contribution is 5.92. The Balaban J connectivity index is 2.30. The summed E-state index contributed by atoms with van der Waals surface area (Å²) in [7, 11) is 0. The molecule has 4 nitrogen and oxygen atoms in total. The zero-order valence-corrected chi connectivity index (χ0v) is 6.33. The minimum atomic E-state index is -1.35. The summed E-state index contributed by atoms with van der Waals surface area (Å²) >= 11 is 0. The van der Waals surface area contributed by atoms with Gasteiger partial charge in [0.05, 0.1) is 11.8 Å². The van der Waals surface area contributed by atoms with Crippen molar-refractivity contribution < 1.29 is 9.18 Å². The van der Waals surface area contributed by atoms with Crippen LogP contribution in [-0.4, -0.2) is 15.7 Å². The first-order chi connectivity index (χ1) is 5.62. The number of carbonyl (C=O) groups excluding carboxylic acids is 1. The summed E-state index contributed by atoms with van der Waals surface area (Å²) in [5.41, 5.74) is 5.23. The van der Waals surface area contributed by atoms with Crippen LogP contribution in [0.5, 0.6) is 0 Å². The average molecular weight is 169 g/mol. The van der Waals surface area contributed by atoms with Crippen molar-refractivity contribution in [2.75, 3.05) is 0 Å². The molecule has 0 radical (unpaired) electrons. The van der Waals surface area contributed by atoms with Gasteiger partial charge in [-0.15, -0.1) is 0 Å². The SMILES string of the molecule is NC(=O)c1cnn(C2(F)CC2)c1. The molecular formula is C7H8FN3O. The van der Waals surface area contributed by atoms with E-state index in [1.54, 1.807) is 0 Å². The van der Waals surface area contributed by atoms with Crippen LogP contribution in [0.25, 0.3) is 0 Å². The van der Waals surface area contributed by atoms with Gasteiger partial charge in [-0.25, -0.2) is 9.07 Å². The number of hydrogen-bond acceptors (Lipinski definition) is 2. The summed E-state index contributed by atoms with van der Waals surface area (Å²) in [6.45, 7) is 0. The van der Waals surface area contributed by atoms with Gasteiger partial charge in [0.15, 0.2) is 0 Å². The second-order valence-electron chi connectivity index (χ2n) is 2.96. The first-order valence-electron chi connectivity index (χ1n) is 3.66. The highest BCUT2D eigenvalue weighted by Gasteiger charge is 2.46. The molecule has 1 aliphatic carbocycles. The third-order valence-electron chi connectivity index (χ3n) is 1.94. The Bertz CT molecular complexity index is 329. The number of amides is 1. The van der Waals surface area contributed by atoms with Crippen molar-refractivity contribution in [3.05, 3.63) is 18.0 Å². The Morgan fingerprint density at radius 3 is 2.83 bits per heavy atom. The monoisotopic (exact) mass is 169 g/mol. The molecule has 5 heteroatoms. The van der Waals surface area contributed by atoms with Crippen molar-refractivity contribution in [1.29, 1.82) is 0 Å². The predicted octanol–water partition coefficient (Wildman–Crippen LogP) is 0.398. The molecule has 0 bridgehead atoms. The van der Waals surface area contributed by atoms with E-state index in [2.05, 4.69) is 5.10 Å². The molecule has 0 saturated heterocycles. The molecule has 64 valence electrons. The van der Waals surface area contributed by atoms with Crippen molar-refractivity contribution in [2.45, 2.75) is 18.6 Å². The second-order valence-corrected chi connectivity index (χ2v) is 2.96. The molecule has 1 amide bonds. The molecule has 0 aromatic carbocycles. The van der Waals surface area contributed by atoms with Crippen LogP contribution >= 0.6 is 0 Å². The number of primary amides is 1. The van der Waals surface area contributed by atoms with Gasteiger partial charge in [0, 0.05) is 19.0 Å². The maximum absolute atomic E-state index is 13.3. The molecule has 1 fully saturated rings. The topological polar surface area (TPSA) is 60.9 Å². The molecule has 2 N–H and O–H groups in total. The maximum atomic E-state index is 13.3. The van der Waals surface area contributed by atoms with E-state index in [9.17, 15) is 9.18 Å². The Labute approximate surface area is 68.2 Å². The highest BCUT2D eigenvalue weighted by Crippen LogP contribution is 2.44. The van der Waals surface area contributed by atoms with E-state index in [1.165, 1.54) is 12.4 Å². The number of alkyl halides is 1. The van der Waals surface area contributed by atoms with Crippen LogP contribution in [0, 0.1) is 0 Å². The summed E-state index contributed by atoms with van der Waals surface area (Å²) in [6.07, 6.45) is 3.55. The molecular weight excluding hydrogens is 161 g/mol. The van der Waals surface area contributed by atoms with E-state index in [0.717, 1.165) is 4.68 Å². The summed E-state index contributed by atoms with van der Waals surface area (Å²) in [5.74, 6) is -1.93. The molecule has 0 atom stereocenters. The Kier molecular flexibility index (Phi) is 1.25. The Hall–Kier alpha value is -1.39. The van der Waals surface area contributed by atoms with Crippen LogP contribution in [0.4, 0.5) is 4.39 Å². The Morgan fingerprint density at radius 1 is 1.75 bits per heavy atom. The summed E-state index contributed by atoms with van der Waals surface area (Å²) in [5, 5.41) is 3.71. The highest BCUT2D eigenvalue weighted by atomic mass is 19.1. The van der Waals surface area contributed by atoms with Gasteiger partial charge in [0.25, 0.3) is 5.91 Å². The zero-order chi connectivity index (χ0) is 8.77. The van der Waals surface area contributed by atoms with E-state index in [1.807, 2.05) is 0 Å². The quantitative estimate of drug-likeness (QED) is 0.696. The first kappa shape index (κ1) is 7.27. The number of carbonyl (C=O) groups is 1. The molecule has 1 aromatic rings. The van der Waals surface area contributed by atoms with Crippen LogP contribution in [0.1, 0.15) is 23.2 Å². The standard InChI is InChI=1S/C7H8FN3O/c8-7(1-2-7)11-4-5(3-10-11)6(9)12/h3-4H,1-2H2,(H2,9,12). The second kappa shape index (κ2) is 2.06. The van der Waals surface area contributed by atoms with E-state index >= 15 is 0 Å². The molecule has 1 saturated carbocycles. The Morgan fingerprint density at radius 2 is 2.42 bits per heavy atom. The lowest BCUT2D eigenvalue weighted by Crippen LogP contribution is -2.12. The van der Waals surface area contributed by atoms with Gasteiger partial charge in [-0.2, -0.15) is 5.10 Å². The molecule has 1 aromatic heterocycles. The van der Waals surface area contributed by atoms with Crippen LogP contribution in [0.2, 0.25) is 0 Å². The molecule has 0 unspecified atom stereocenters. The summed E-state index contributed by atoms with van der Waals surface area (Å²) < 4.78 is 14.4. The zero-order valence-electron chi connectivity index (χ0n) is 6.33. The minimum absolute atomic E-state index is 0.249. The molecule has 1 aliphatic rings. The molecule has 2 rings (SSSR count). The van der Waals surface area contributed by atoms with E-state index in [-0.39, 0.29) is 5.56 Å². The largest absolute Gasteiger partial charge is 0.366 e. The van der Waals surface area contributed by atoms with E-state index in [0.29, 0.717) is 12.8 Å². The van der Waals surface area contributed by atoms with Gasteiger partial charge in [0.2, 0.25) is 5.79 Å². The average Bonchev–Trinajstić information content (AvgIpc) is 2.61. The normalized spacial score (nSPS) is 19.1. The van der Waals surface area contributed by atoms with Gasteiger partial charge >= 0.3 is 0 Å². The first-order valence-corrected chi connectivity index (χ1v) is 3.66. The van der Waals surface area contributed by atoms with Crippen LogP contribution in [0.15, 0.2) is 12.4 Å². The van der Waals surface area contributed by atoms with Crippen molar-refractivity contribution in [3.63, 3.8) is 0 Å². The number of halogens is 1. The fourth-order valence-electron chi connectivity index (χ4n) is 1.00. The molecule has 0 spiro atoms. The minimum Gasteiger partial charge on any atom is -0.366 e. The van der Waals surface area contributed by atoms with Gasteiger partial charge in [-0.05, 0) is 0 Å². The van der Waals surface area contributed by atoms with Crippen LogP contribution in [-0.2, 0) is 5.79 Å². The summed E-state index contributed by atoms with van der Waals surface area (Å²) in [6, 6.07) is 0. The van der Waals surface area contributed by atoms with Crippen molar-refractivity contribution >= 4 is 5.91 Å². The number of nitrogens with zero attached hydrogens (tertiary/aromatic N) is 2. The molecule has 0 aliphatic heterocycles. The van der Waals surface area contributed by atoms with Crippen molar-refractivity contribution in [2.24, 2.45) is 5.73 Å². The summed E-state index contributed by atoms with van der Waals surface area (Å²) in [4.78, 5) is 10.6. The predicted molar refractivity (Wildman–Crippen MR) is 39.1 cm³/mol. The van der Waals surface area contributed by atoms with Crippen molar-refractivity contribution in [1.82, 2.24) is 9.78 Å². The number of hydrogen-bond donors (Lipinski definition) is 1. The van der Waals surface area contributed by atoms with Gasteiger partial charge < -0.3 is 5.73 Å². The lowest BCUT2D eigenvalue weighted by Gasteiger charge is -2.02. The van der Waals surface area contributed by atoms with Crippen molar-refractivity contribution in [3.8, 4) is 0 Å². The smallest absolute Gasteiger partial charge is 0.251 e. The third kappa shape index (κ3) is 0.975. The van der Waals surface area contributed by atoms with Crippen LogP contribution in [0.3, 0.4) is 0 Å². The lowest BCUT2D eigenvalue weighted by atomic mass is 10.3. The molecule has 12 heavy (non-hydrogen) atoms. The fraction of sp³-hybridized carbons (Fsp3) is 0.429. The van der Waals surface area contributed by atoms with Gasteiger partial charge in [-0.1, -0.05) is 0 Å².